The molecule has 0 amide bonds. The van der Waals surface area contributed by atoms with Crippen LogP contribution in [0.3, 0.4) is 0 Å². The quantitative estimate of drug-likeness (QED) is 0.846. The van der Waals surface area contributed by atoms with Crippen molar-refractivity contribution >= 4 is 10.9 Å². The van der Waals surface area contributed by atoms with Crippen LogP contribution in [0.15, 0.2) is 30.5 Å². The summed E-state index contributed by atoms with van der Waals surface area (Å²) in [5, 5.41) is 4.99. The molecule has 3 heteroatoms. The summed E-state index contributed by atoms with van der Waals surface area (Å²) in [7, 11) is 0. The first-order valence-corrected chi connectivity index (χ1v) is 7.85. The number of nitrogens with one attached hydrogen (secondary N) is 2. The van der Waals surface area contributed by atoms with Gasteiger partial charge in [-0.2, -0.15) is 0 Å². The van der Waals surface area contributed by atoms with Gasteiger partial charge in [-0.15, -0.1) is 0 Å². The van der Waals surface area contributed by atoms with Gasteiger partial charge in [0.2, 0.25) is 0 Å². The van der Waals surface area contributed by atoms with Gasteiger partial charge in [-0.1, -0.05) is 19.1 Å². The minimum atomic E-state index is 0.826. The summed E-state index contributed by atoms with van der Waals surface area (Å²) < 4.78 is 0. The molecule has 1 fully saturated rings. The third kappa shape index (κ3) is 3.05. The monoisotopic (exact) mass is 271 g/mol. The second-order valence-corrected chi connectivity index (χ2v) is 5.94. The van der Waals surface area contributed by atoms with Crippen molar-refractivity contribution in [1.82, 2.24) is 15.2 Å². The van der Waals surface area contributed by atoms with Crippen LogP contribution in [0.25, 0.3) is 10.9 Å². The van der Waals surface area contributed by atoms with Gasteiger partial charge in [-0.05, 0) is 56.1 Å². The van der Waals surface area contributed by atoms with Gasteiger partial charge in [0.15, 0.2) is 0 Å². The van der Waals surface area contributed by atoms with Gasteiger partial charge in [0, 0.05) is 30.2 Å². The van der Waals surface area contributed by atoms with Gasteiger partial charge >= 0.3 is 0 Å². The van der Waals surface area contributed by atoms with E-state index in [0.29, 0.717) is 0 Å². The van der Waals surface area contributed by atoms with Gasteiger partial charge in [-0.25, -0.2) is 0 Å². The lowest BCUT2D eigenvalue weighted by molar-refractivity contribution is 0.322. The highest BCUT2D eigenvalue weighted by Crippen LogP contribution is 2.18. The first-order chi connectivity index (χ1) is 9.86. The molecule has 1 saturated heterocycles. The summed E-state index contributed by atoms with van der Waals surface area (Å²) in [6, 6.07) is 8.67. The molecule has 2 aromatic rings. The normalized spacial score (nSPS) is 19.9. The summed E-state index contributed by atoms with van der Waals surface area (Å²) in [4.78, 5) is 5.87. The van der Waals surface area contributed by atoms with Crippen molar-refractivity contribution in [3.63, 3.8) is 0 Å². The highest BCUT2D eigenvalue weighted by Gasteiger charge is 2.20. The molecule has 0 saturated carbocycles. The minimum absolute atomic E-state index is 0.826. The Kier molecular flexibility index (Phi) is 4.38. The zero-order chi connectivity index (χ0) is 13.8. The maximum Gasteiger partial charge on any atom is 0.0457 e. The van der Waals surface area contributed by atoms with E-state index < -0.39 is 0 Å². The number of H-pyrrole nitrogens is 1. The lowest BCUT2D eigenvalue weighted by Crippen LogP contribution is -2.26. The van der Waals surface area contributed by atoms with Crippen molar-refractivity contribution in [3.05, 3.63) is 36.0 Å². The molecular weight excluding hydrogens is 246 g/mol. The number of fused-ring (bicyclic) bond motifs is 1. The van der Waals surface area contributed by atoms with Crippen LogP contribution in [-0.4, -0.2) is 36.1 Å². The molecule has 0 aliphatic carbocycles. The van der Waals surface area contributed by atoms with E-state index in [0.717, 1.165) is 19.0 Å². The van der Waals surface area contributed by atoms with Crippen LogP contribution in [0.2, 0.25) is 0 Å². The Morgan fingerprint density at radius 1 is 1.35 bits per heavy atom. The van der Waals surface area contributed by atoms with Crippen molar-refractivity contribution in [2.24, 2.45) is 5.92 Å². The van der Waals surface area contributed by atoms with Gasteiger partial charge in [-0.3, -0.25) is 0 Å². The van der Waals surface area contributed by atoms with Crippen LogP contribution >= 0.6 is 0 Å². The van der Waals surface area contributed by atoms with E-state index in [1.54, 1.807) is 0 Å². The van der Waals surface area contributed by atoms with Crippen LogP contribution < -0.4 is 5.32 Å². The fraction of sp³-hybridized carbons (Fsp3) is 0.529. The highest BCUT2D eigenvalue weighted by molar-refractivity contribution is 5.82. The van der Waals surface area contributed by atoms with E-state index in [1.165, 1.54) is 48.9 Å². The van der Waals surface area contributed by atoms with Crippen LogP contribution in [-0.2, 0) is 6.54 Å². The van der Waals surface area contributed by atoms with E-state index in [-0.39, 0.29) is 0 Å². The molecule has 20 heavy (non-hydrogen) atoms. The average molecular weight is 271 g/mol. The van der Waals surface area contributed by atoms with Crippen molar-refractivity contribution in [2.75, 3.05) is 26.2 Å². The van der Waals surface area contributed by atoms with Gasteiger partial charge in [0.05, 0.1) is 0 Å². The third-order valence-electron chi connectivity index (χ3n) is 4.34. The lowest BCUT2D eigenvalue weighted by Gasteiger charge is -2.15. The average Bonchev–Trinajstić information content (AvgIpc) is 3.08. The maximum atomic E-state index is 3.65. The molecule has 1 aromatic heterocycles. The molecule has 1 atom stereocenters. The van der Waals surface area contributed by atoms with Crippen molar-refractivity contribution in [1.29, 1.82) is 0 Å². The van der Waals surface area contributed by atoms with E-state index in [9.17, 15) is 0 Å². The Bertz CT molecular complexity index is 546. The highest BCUT2D eigenvalue weighted by atomic mass is 15.1. The topological polar surface area (TPSA) is 31.1 Å². The SMILES string of the molecule is CCCN1CCC(CNCc2cccc3[nH]ccc23)C1. The lowest BCUT2D eigenvalue weighted by atomic mass is 10.1. The second kappa shape index (κ2) is 6.42. The molecule has 3 nitrogen and oxygen atoms in total. The first-order valence-electron chi connectivity index (χ1n) is 7.85. The predicted octanol–water partition coefficient (Wildman–Crippen LogP) is 2.99. The Hall–Kier alpha value is -1.32. The maximum absolute atomic E-state index is 3.65. The Labute approximate surface area is 121 Å². The largest absolute Gasteiger partial charge is 0.361 e. The Balaban J connectivity index is 1.50. The van der Waals surface area contributed by atoms with Crippen LogP contribution in [0.1, 0.15) is 25.3 Å². The number of hydrogen-bond acceptors (Lipinski definition) is 2. The van der Waals surface area contributed by atoms with Crippen molar-refractivity contribution < 1.29 is 0 Å². The van der Waals surface area contributed by atoms with E-state index in [2.05, 4.69) is 46.4 Å². The van der Waals surface area contributed by atoms with Crippen molar-refractivity contribution in [2.45, 2.75) is 26.3 Å². The smallest absolute Gasteiger partial charge is 0.0457 e. The summed E-state index contributed by atoms with van der Waals surface area (Å²) in [5.41, 5.74) is 2.63. The molecule has 1 aromatic carbocycles. The van der Waals surface area contributed by atoms with E-state index in [1.807, 2.05) is 6.20 Å². The third-order valence-corrected chi connectivity index (χ3v) is 4.34. The molecule has 1 aliphatic heterocycles. The number of likely N-dealkylation sites (tertiary alicyclic amines) is 1. The van der Waals surface area contributed by atoms with E-state index >= 15 is 0 Å². The second-order valence-electron chi connectivity index (χ2n) is 5.94. The molecule has 0 bridgehead atoms. The molecule has 3 rings (SSSR count). The van der Waals surface area contributed by atoms with Gasteiger partial charge in [0.1, 0.15) is 0 Å². The standard InChI is InChI=1S/C17H25N3/c1-2-9-20-10-7-14(13-20)11-18-12-15-4-3-5-17-16(15)6-8-19-17/h3-6,8,14,18-19H,2,7,9-13H2,1H3. The molecule has 2 heterocycles. The molecule has 0 radical (unpaired) electrons. The number of benzene rings is 1. The number of hydrogen-bond donors (Lipinski definition) is 2. The summed E-state index contributed by atoms with van der Waals surface area (Å²) in [6.45, 7) is 8.20. The Morgan fingerprint density at radius 2 is 2.30 bits per heavy atom. The molecule has 1 unspecified atom stereocenters. The molecule has 0 spiro atoms. The Morgan fingerprint density at radius 3 is 3.20 bits per heavy atom. The van der Waals surface area contributed by atoms with Crippen LogP contribution in [0.5, 0.6) is 0 Å². The van der Waals surface area contributed by atoms with Gasteiger partial charge < -0.3 is 15.2 Å². The van der Waals surface area contributed by atoms with Crippen LogP contribution in [0.4, 0.5) is 0 Å². The number of nitrogens with zero attached hydrogens (tertiary/aromatic N) is 1. The number of aromatic amines is 1. The van der Waals surface area contributed by atoms with Gasteiger partial charge in [0.25, 0.3) is 0 Å². The van der Waals surface area contributed by atoms with E-state index in [4.69, 9.17) is 0 Å². The number of aromatic nitrogens is 1. The fourth-order valence-corrected chi connectivity index (χ4v) is 3.31. The number of rotatable bonds is 6. The summed E-state index contributed by atoms with van der Waals surface area (Å²) in [6.07, 6.45) is 4.64. The first kappa shape index (κ1) is 13.7. The predicted molar refractivity (Wildman–Crippen MR) is 84.8 cm³/mol. The molecule has 108 valence electrons. The zero-order valence-electron chi connectivity index (χ0n) is 12.4. The minimum Gasteiger partial charge on any atom is -0.361 e. The molecular formula is C17H25N3. The van der Waals surface area contributed by atoms with Crippen molar-refractivity contribution in [3.8, 4) is 0 Å². The summed E-state index contributed by atoms with van der Waals surface area (Å²) in [5.74, 6) is 0.826. The molecule has 1 aliphatic rings. The summed E-state index contributed by atoms with van der Waals surface area (Å²) >= 11 is 0. The van der Waals surface area contributed by atoms with Crippen LogP contribution in [0, 0.1) is 5.92 Å². The molecule has 2 N–H and O–H groups in total. The zero-order valence-corrected chi connectivity index (χ0v) is 12.4. The fourth-order valence-electron chi connectivity index (χ4n) is 3.31.